The highest BCUT2D eigenvalue weighted by atomic mass is 35.5. The normalized spacial score (nSPS) is 24.5. The molecule has 126 valence electrons. The van der Waals surface area contributed by atoms with Gasteiger partial charge in [-0.25, -0.2) is 0 Å². The van der Waals surface area contributed by atoms with Gasteiger partial charge in [0.1, 0.15) is 0 Å². The zero-order valence-electron chi connectivity index (χ0n) is 13.8. The van der Waals surface area contributed by atoms with Gasteiger partial charge < -0.3 is 10.2 Å². The van der Waals surface area contributed by atoms with E-state index in [1.165, 1.54) is 25.9 Å². The van der Waals surface area contributed by atoms with Crippen molar-refractivity contribution in [3.05, 3.63) is 34.9 Å². The lowest BCUT2D eigenvalue weighted by Crippen LogP contribution is -2.53. The van der Waals surface area contributed by atoms with Crippen molar-refractivity contribution in [3.63, 3.8) is 0 Å². The molecule has 1 amide bonds. The van der Waals surface area contributed by atoms with Crippen molar-refractivity contribution in [1.29, 1.82) is 0 Å². The second-order valence-corrected chi connectivity index (χ2v) is 7.23. The predicted octanol–water partition coefficient (Wildman–Crippen LogP) is 2.63. The molecule has 2 aliphatic heterocycles. The number of halogens is 1. The van der Waals surface area contributed by atoms with Gasteiger partial charge in [-0.2, -0.15) is 0 Å². The van der Waals surface area contributed by atoms with Crippen LogP contribution in [0.3, 0.4) is 0 Å². The molecule has 0 aromatic heterocycles. The van der Waals surface area contributed by atoms with Crippen LogP contribution in [0.4, 0.5) is 0 Å². The summed E-state index contributed by atoms with van der Waals surface area (Å²) in [6.07, 6.45) is 4.68. The fraction of sp³-hybridized carbons (Fsp3) is 0.611. The topological polar surface area (TPSA) is 35.6 Å². The van der Waals surface area contributed by atoms with Crippen molar-refractivity contribution in [2.75, 3.05) is 33.2 Å². The Hall–Kier alpha value is -1.10. The summed E-state index contributed by atoms with van der Waals surface area (Å²) >= 11 is 6.12. The number of carbonyl (C=O) groups is 1. The number of carbonyl (C=O) groups excluding carboxylic acids is 1. The van der Waals surface area contributed by atoms with E-state index in [1.54, 1.807) is 12.1 Å². The van der Waals surface area contributed by atoms with Gasteiger partial charge in [-0.05, 0) is 64.5 Å². The predicted molar refractivity (Wildman–Crippen MR) is 94.0 cm³/mol. The molecule has 1 aromatic rings. The summed E-state index contributed by atoms with van der Waals surface area (Å²) in [5.74, 6) is -0.0502. The number of hydrogen-bond donors (Lipinski definition) is 1. The average Bonchev–Trinajstić information content (AvgIpc) is 2.56. The number of rotatable bonds is 3. The average molecular weight is 336 g/mol. The third-order valence-electron chi connectivity index (χ3n) is 5.11. The molecule has 1 aromatic carbocycles. The van der Waals surface area contributed by atoms with Crippen LogP contribution in [0.2, 0.25) is 5.02 Å². The molecule has 1 atom stereocenters. The second-order valence-electron chi connectivity index (χ2n) is 6.82. The van der Waals surface area contributed by atoms with Crippen LogP contribution in [0.15, 0.2) is 24.3 Å². The van der Waals surface area contributed by atoms with Gasteiger partial charge in [-0.3, -0.25) is 9.69 Å². The number of nitrogens with zero attached hydrogens (tertiary/aromatic N) is 2. The first-order chi connectivity index (χ1) is 11.1. The Balaban J connectivity index is 1.56. The zero-order chi connectivity index (χ0) is 16.2. The van der Waals surface area contributed by atoms with E-state index in [9.17, 15) is 4.79 Å². The van der Waals surface area contributed by atoms with Crippen LogP contribution in [-0.4, -0.2) is 61.0 Å². The Morgan fingerprint density at radius 2 is 1.91 bits per heavy atom. The number of likely N-dealkylation sites (tertiary alicyclic amines) is 2. The minimum absolute atomic E-state index is 0.0502. The molecular formula is C18H26ClN3O. The maximum atomic E-state index is 12.4. The molecule has 1 unspecified atom stereocenters. The Morgan fingerprint density at radius 3 is 2.65 bits per heavy atom. The lowest BCUT2D eigenvalue weighted by molar-refractivity contribution is 0.0766. The lowest BCUT2D eigenvalue weighted by Gasteiger charge is -2.41. The smallest absolute Gasteiger partial charge is 0.253 e. The Morgan fingerprint density at radius 1 is 1.17 bits per heavy atom. The lowest BCUT2D eigenvalue weighted by atomic mass is 9.98. The Kier molecular flexibility index (Phi) is 5.57. The maximum absolute atomic E-state index is 12.4. The van der Waals surface area contributed by atoms with Crippen molar-refractivity contribution in [1.82, 2.24) is 15.1 Å². The highest BCUT2D eigenvalue weighted by molar-refractivity contribution is 6.33. The minimum Gasteiger partial charge on any atom is -0.348 e. The van der Waals surface area contributed by atoms with E-state index >= 15 is 0 Å². The zero-order valence-corrected chi connectivity index (χ0v) is 14.6. The van der Waals surface area contributed by atoms with Crippen LogP contribution >= 0.6 is 11.6 Å². The highest BCUT2D eigenvalue weighted by Crippen LogP contribution is 2.21. The minimum atomic E-state index is -0.0502. The summed E-state index contributed by atoms with van der Waals surface area (Å²) in [4.78, 5) is 17.4. The van der Waals surface area contributed by atoms with E-state index in [-0.39, 0.29) is 11.9 Å². The molecule has 0 aliphatic carbocycles. The van der Waals surface area contributed by atoms with E-state index in [0.29, 0.717) is 16.6 Å². The quantitative estimate of drug-likeness (QED) is 0.922. The Labute approximate surface area is 143 Å². The summed E-state index contributed by atoms with van der Waals surface area (Å²) in [6.45, 7) is 4.48. The molecule has 1 N–H and O–H groups in total. The fourth-order valence-corrected chi connectivity index (χ4v) is 3.95. The van der Waals surface area contributed by atoms with Crippen LogP contribution in [0.25, 0.3) is 0 Å². The van der Waals surface area contributed by atoms with Crippen LogP contribution in [0.5, 0.6) is 0 Å². The summed E-state index contributed by atoms with van der Waals surface area (Å²) in [5.41, 5.74) is 0.575. The molecule has 3 rings (SSSR count). The van der Waals surface area contributed by atoms with Crippen LogP contribution in [-0.2, 0) is 0 Å². The van der Waals surface area contributed by atoms with Gasteiger partial charge in [0.2, 0.25) is 0 Å². The van der Waals surface area contributed by atoms with Crippen molar-refractivity contribution in [3.8, 4) is 0 Å². The van der Waals surface area contributed by atoms with E-state index in [1.807, 2.05) is 12.1 Å². The van der Waals surface area contributed by atoms with Gasteiger partial charge in [0, 0.05) is 18.6 Å². The number of benzene rings is 1. The number of hydrogen-bond acceptors (Lipinski definition) is 3. The van der Waals surface area contributed by atoms with Gasteiger partial charge in [-0.1, -0.05) is 23.7 Å². The van der Waals surface area contributed by atoms with Crippen molar-refractivity contribution in [2.24, 2.45) is 0 Å². The standard InChI is InChI=1S/C18H26ClN3O/c1-21-11-8-15(9-12-21)22-10-4-5-14(13-22)20-18(23)16-6-2-3-7-17(16)19/h2-3,6-7,14-15H,4-5,8-13H2,1H3,(H,20,23). The number of amides is 1. The highest BCUT2D eigenvalue weighted by Gasteiger charge is 2.29. The Bertz CT molecular complexity index is 543. The second kappa shape index (κ2) is 7.65. The van der Waals surface area contributed by atoms with E-state index in [0.717, 1.165) is 25.9 Å². The molecule has 2 heterocycles. The van der Waals surface area contributed by atoms with Crippen LogP contribution in [0, 0.1) is 0 Å². The number of piperidine rings is 2. The van der Waals surface area contributed by atoms with Crippen LogP contribution < -0.4 is 5.32 Å². The van der Waals surface area contributed by atoms with Gasteiger partial charge >= 0.3 is 0 Å². The number of nitrogens with one attached hydrogen (secondary N) is 1. The molecule has 2 aliphatic rings. The van der Waals surface area contributed by atoms with Crippen molar-refractivity contribution in [2.45, 2.75) is 37.8 Å². The third kappa shape index (κ3) is 4.25. The molecule has 5 heteroatoms. The molecule has 0 spiro atoms. The van der Waals surface area contributed by atoms with Gasteiger partial charge in [0.05, 0.1) is 10.6 Å². The molecule has 0 radical (unpaired) electrons. The van der Waals surface area contributed by atoms with Gasteiger partial charge in [0.25, 0.3) is 5.91 Å². The summed E-state index contributed by atoms with van der Waals surface area (Å²) < 4.78 is 0. The molecular weight excluding hydrogens is 310 g/mol. The van der Waals surface area contributed by atoms with E-state index in [2.05, 4.69) is 22.2 Å². The maximum Gasteiger partial charge on any atom is 0.253 e. The van der Waals surface area contributed by atoms with E-state index in [4.69, 9.17) is 11.6 Å². The monoisotopic (exact) mass is 335 g/mol. The molecule has 0 bridgehead atoms. The van der Waals surface area contributed by atoms with Gasteiger partial charge in [0.15, 0.2) is 0 Å². The first-order valence-electron chi connectivity index (χ1n) is 8.61. The molecule has 23 heavy (non-hydrogen) atoms. The third-order valence-corrected chi connectivity index (χ3v) is 5.44. The largest absolute Gasteiger partial charge is 0.348 e. The van der Waals surface area contributed by atoms with Crippen LogP contribution in [0.1, 0.15) is 36.0 Å². The molecule has 0 saturated carbocycles. The molecule has 4 nitrogen and oxygen atoms in total. The van der Waals surface area contributed by atoms with Crippen molar-refractivity contribution < 1.29 is 4.79 Å². The van der Waals surface area contributed by atoms with E-state index < -0.39 is 0 Å². The SMILES string of the molecule is CN1CCC(N2CCCC(NC(=O)c3ccccc3Cl)C2)CC1. The van der Waals surface area contributed by atoms with Gasteiger partial charge in [-0.15, -0.1) is 0 Å². The summed E-state index contributed by atoms with van der Waals surface area (Å²) in [6, 6.07) is 8.16. The molecule has 2 saturated heterocycles. The summed E-state index contributed by atoms with van der Waals surface area (Å²) in [7, 11) is 2.19. The molecule has 2 fully saturated rings. The first-order valence-corrected chi connectivity index (χ1v) is 8.99. The van der Waals surface area contributed by atoms with Crippen molar-refractivity contribution >= 4 is 17.5 Å². The summed E-state index contributed by atoms with van der Waals surface area (Å²) in [5, 5.41) is 3.70. The fourth-order valence-electron chi connectivity index (χ4n) is 3.72. The first kappa shape index (κ1) is 16.7.